The van der Waals surface area contributed by atoms with Crippen LogP contribution in [-0.2, 0) is 0 Å². The van der Waals surface area contributed by atoms with Gasteiger partial charge in [0.05, 0.1) is 12.2 Å². The number of benzene rings is 2. The van der Waals surface area contributed by atoms with E-state index in [0.29, 0.717) is 5.56 Å². The lowest BCUT2D eigenvalue weighted by Gasteiger charge is -2.35. The van der Waals surface area contributed by atoms with Gasteiger partial charge in [0.2, 0.25) is 0 Å². The molecule has 1 N–H and O–H groups in total. The molecule has 0 saturated carbocycles. The Labute approximate surface area is 156 Å². The van der Waals surface area contributed by atoms with E-state index in [9.17, 15) is 4.79 Å². The third kappa shape index (κ3) is 4.18. The molecule has 0 aliphatic carbocycles. The monoisotopic (exact) mass is 352 g/mol. The van der Waals surface area contributed by atoms with Gasteiger partial charge in [-0.2, -0.15) is 0 Å². The third-order valence-electron chi connectivity index (χ3n) is 4.85. The zero-order chi connectivity index (χ0) is 18.4. The summed E-state index contributed by atoms with van der Waals surface area (Å²) in [5.41, 5.74) is 2.62. The van der Waals surface area contributed by atoms with Crippen LogP contribution in [0.2, 0.25) is 0 Å². The Morgan fingerprint density at radius 3 is 2.69 bits per heavy atom. The number of anilines is 1. The van der Waals surface area contributed by atoms with Gasteiger partial charge in [0.25, 0.3) is 5.91 Å². The van der Waals surface area contributed by atoms with Crippen molar-refractivity contribution in [3.63, 3.8) is 0 Å². The van der Waals surface area contributed by atoms with Crippen LogP contribution in [0.5, 0.6) is 5.75 Å². The quantitative estimate of drug-likeness (QED) is 0.661. The number of ether oxygens (including phenoxy) is 1. The summed E-state index contributed by atoms with van der Waals surface area (Å²) in [7, 11) is 1.83. The molecule has 1 amide bonds. The van der Waals surface area contributed by atoms with E-state index in [1.807, 2.05) is 55.6 Å². The number of para-hydroxylation sites is 1. The van der Waals surface area contributed by atoms with Crippen molar-refractivity contribution in [1.29, 1.82) is 0 Å². The zero-order valence-electron chi connectivity index (χ0n) is 15.7. The van der Waals surface area contributed by atoms with E-state index in [-0.39, 0.29) is 12.1 Å². The summed E-state index contributed by atoms with van der Waals surface area (Å²) >= 11 is 0. The van der Waals surface area contributed by atoms with Crippen molar-refractivity contribution in [3.8, 4) is 5.75 Å². The van der Waals surface area contributed by atoms with Gasteiger partial charge in [-0.3, -0.25) is 4.79 Å². The van der Waals surface area contributed by atoms with Crippen molar-refractivity contribution < 1.29 is 9.53 Å². The molecule has 1 heterocycles. The number of carbonyl (C=O) groups is 1. The largest absolute Gasteiger partial charge is 0.494 e. The first kappa shape index (κ1) is 18.3. The molecule has 4 nitrogen and oxygen atoms in total. The number of carbonyl (C=O) groups excluding carboxylic acids is 1. The van der Waals surface area contributed by atoms with Crippen LogP contribution in [0.1, 0.15) is 61.1 Å². The summed E-state index contributed by atoms with van der Waals surface area (Å²) in [6, 6.07) is 15.7. The molecular formula is C22H28N2O2. The normalized spacial score (nSPS) is 16.2. The Morgan fingerprint density at radius 1 is 1.04 bits per heavy atom. The molecule has 26 heavy (non-hydrogen) atoms. The highest BCUT2D eigenvalue weighted by atomic mass is 16.5. The molecule has 0 radical (unpaired) electrons. The van der Waals surface area contributed by atoms with Gasteiger partial charge in [-0.05, 0) is 36.2 Å². The predicted molar refractivity (Wildman–Crippen MR) is 106 cm³/mol. The van der Waals surface area contributed by atoms with Crippen LogP contribution in [0.3, 0.4) is 0 Å². The first-order valence-electron chi connectivity index (χ1n) is 9.56. The standard InChI is InChI=1S/C22H28N2O2/c1-3-4-5-6-9-15-26-18-12-10-11-17(16-18)21-23-20-14-8-7-13-19(20)22(25)24(21)2/h7-8,10-14,16,21,23H,3-6,9,15H2,1-2H3. The molecule has 138 valence electrons. The number of hydrogen-bond donors (Lipinski definition) is 1. The smallest absolute Gasteiger partial charge is 0.257 e. The Morgan fingerprint density at radius 2 is 1.85 bits per heavy atom. The molecule has 4 heteroatoms. The molecule has 0 aromatic heterocycles. The van der Waals surface area contributed by atoms with Crippen molar-refractivity contribution in [2.75, 3.05) is 19.0 Å². The minimum atomic E-state index is -0.189. The van der Waals surface area contributed by atoms with E-state index >= 15 is 0 Å². The maximum Gasteiger partial charge on any atom is 0.257 e. The molecule has 0 bridgehead atoms. The average Bonchev–Trinajstić information content (AvgIpc) is 2.67. The molecule has 0 saturated heterocycles. The second kappa shape index (κ2) is 8.75. The number of hydrogen-bond acceptors (Lipinski definition) is 3. The van der Waals surface area contributed by atoms with Gasteiger partial charge in [0.1, 0.15) is 11.9 Å². The van der Waals surface area contributed by atoms with Crippen molar-refractivity contribution in [3.05, 3.63) is 59.7 Å². The minimum absolute atomic E-state index is 0.0339. The molecule has 3 rings (SSSR count). The second-order valence-electron chi connectivity index (χ2n) is 6.84. The molecule has 0 fully saturated rings. The van der Waals surface area contributed by atoms with Crippen LogP contribution in [-0.4, -0.2) is 24.5 Å². The summed E-state index contributed by atoms with van der Waals surface area (Å²) in [4.78, 5) is 14.4. The van der Waals surface area contributed by atoms with Gasteiger partial charge >= 0.3 is 0 Å². The van der Waals surface area contributed by atoms with Crippen LogP contribution in [0.25, 0.3) is 0 Å². The summed E-state index contributed by atoms with van der Waals surface area (Å²) < 4.78 is 5.92. The Bertz CT molecular complexity index is 744. The van der Waals surface area contributed by atoms with Gasteiger partial charge < -0.3 is 15.0 Å². The summed E-state index contributed by atoms with van der Waals surface area (Å²) in [6.45, 7) is 2.96. The second-order valence-corrected chi connectivity index (χ2v) is 6.84. The first-order valence-corrected chi connectivity index (χ1v) is 9.56. The van der Waals surface area contributed by atoms with Crippen molar-refractivity contribution in [2.45, 2.75) is 45.2 Å². The number of amides is 1. The molecule has 1 aliphatic heterocycles. The summed E-state index contributed by atoms with van der Waals surface area (Å²) in [5, 5.41) is 3.46. The highest BCUT2D eigenvalue weighted by Crippen LogP contribution is 2.32. The Hall–Kier alpha value is -2.49. The number of unbranched alkanes of at least 4 members (excludes halogenated alkanes) is 4. The number of fused-ring (bicyclic) bond motifs is 1. The number of nitrogens with one attached hydrogen (secondary N) is 1. The lowest BCUT2D eigenvalue weighted by Crippen LogP contribution is -2.40. The lowest BCUT2D eigenvalue weighted by atomic mass is 10.0. The zero-order valence-corrected chi connectivity index (χ0v) is 15.7. The molecular weight excluding hydrogens is 324 g/mol. The van der Waals surface area contributed by atoms with E-state index in [1.165, 1.54) is 25.7 Å². The van der Waals surface area contributed by atoms with E-state index < -0.39 is 0 Å². The Kier molecular flexibility index (Phi) is 6.16. The molecule has 2 aromatic carbocycles. The third-order valence-corrected chi connectivity index (χ3v) is 4.85. The maximum atomic E-state index is 12.6. The highest BCUT2D eigenvalue weighted by Gasteiger charge is 2.29. The molecule has 1 aliphatic rings. The van der Waals surface area contributed by atoms with Gasteiger partial charge in [0.15, 0.2) is 0 Å². The number of rotatable bonds is 8. The topological polar surface area (TPSA) is 41.6 Å². The minimum Gasteiger partial charge on any atom is -0.494 e. The van der Waals surface area contributed by atoms with Gasteiger partial charge in [-0.1, -0.05) is 56.9 Å². The SMILES string of the molecule is CCCCCCCOc1cccc(C2Nc3ccccc3C(=O)N2C)c1. The molecule has 0 spiro atoms. The van der Waals surface area contributed by atoms with E-state index in [0.717, 1.165) is 30.0 Å². The van der Waals surface area contributed by atoms with Crippen LogP contribution in [0.15, 0.2) is 48.5 Å². The van der Waals surface area contributed by atoms with Crippen LogP contribution < -0.4 is 10.1 Å². The predicted octanol–water partition coefficient (Wildman–Crippen LogP) is 5.23. The first-order chi connectivity index (χ1) is 12.7. The van der Waals surface area contributed by atoms with Crippen molar-refractivity contribution in [2.24, 2.45) is 0 Å². The Balaban J connectivity index is 1.65. The van der Waals surface area contributed by atoms with Crippen LogP contribution in [0, 0.1) is 0 Å². The van der Waals surface area contributed by atoms with E-state index in [1.54, 1.807) is 4.90 Å². The van der Waals surface area contributed by atoms with Crippen molar-refractivity contribution in [1.82, 2.24) is 4.90 Å². The van der Waals surface area contributed by atoms with Crippen LogP contribution in [0.4, 0.5) is 5.69 Å². The fourth-order valence-corrected chi connectivity index (χ4v) is 3.32. The van der Waals surface area contributed by atoms with Crippen molar-refractivity contribution >= 4 is 11.6 Å². The summed E-state index contributed by atoms with van der Waals surface area (Å²) in [6.07, 6.45) is 5.93. The van der Waals surface area contributed by atoms with Gasteiger partial charge in [0, 0.05) is 12.7 Å². The fraction of sp³-hybridized carbons (Fsp3) is 0.409. The van der Waals surface area contributed by atoms with E-state index in [4.69, 9.17) is 4.74 Å². The van der Waals surface area contributed by atoms with E-state index in [2.05, 4.69) is 12.2 Å². The molecule has 1 unspecified atom stereocenters. The van der Waals surface area contributed by atoms with Gasteiger partial charge in [-0.15, -0.1) is 0 Å². The average molecular weight is 352 g/mol. The van der Waals surface area contributed by atoms with Crippen LogP contribution >= 0.6 is 0 Å². The molecule has 1 atom stereocenters. The fourth-order valence-electron chi connectivity index (χ4n) is 3.32. The highest BCUT2D eigenvalue weighted by molar-refractivity contribution is 6.01. The maximum absolute atomic E-state index is 12.6. The molecule has 2 aromatic rings. The van der Waals surface area contributed by atoms with Gasteiger partial charge in [-0.25, -0.2) is 0 Å². The number of nitrogens with zero attached hydrogens (tertiary/aromatic N) is 1. The summed E-state index contributed by atoms with van der Waals surface area (Å²) in [5.74, 6) is 0.895. The lowest BCUT2D eigenvalue weighted by molar-refractivity contribution is 0.0735.